The third kappa shape index (κ3) is 4.06. The molecule has 0 N–H and O–H groups in total. The molecule has 0 spiro atoms. The average molecular weight is 433 g/mol. The topological polar surface area (TPSA) is 119 Å². The molecule has 1 saturated heterocycles. The van der Waals surface area contributed by atoms with Gasteiger partial charge in [0.25, 0.3) is 5.56 Å². The van der Waals surface area contributed by atoms with E-state index >= 15 is 0 Å². The highest BCUT2D eigenvalue weighted by molar-refractivity contribution is 7.89. The highest BCUT2D eigenvalue weighted by Crippen LogP contribution is 2.16. The van der Waals surface area contributed by atoms with E-state index < -0.39 is 10.0 Å². The Morgan fingerprint density at radius 1 is 1.07 bits per heavy atom. The molecule has 0 saturated carbocycles. The Bertz CT molecular complexity index is 1180. The van der Waals surface area contributed by atoms with E-state index in [1.807, 2.05) is 19.9 Å². The summed E-state index contributed by atoms with van der Waals surface area (Å²) in [5.74, 6) is 0.588. The second kappa shape index (κ2) is 8.13. The zero-order valence-electron chi connectivity index (χ0n) is 16.8. The van der Waals surface area contributed by atoms with Crippen LogP contribution in [-0.4, -0.2) is 75.1 Å². The van der Waals surface area contributed by atoms with Crippen LogP contribution in [0, 0.1) is 13.8 Å². The molecule has 1 fully saturated rings. The summed E-state index contributed by atoms with van der Waals surface area (Å²) in [5, 5.41) is 12.3. The molecular weight excluding hydrogens is 410 g/mol. The minimum absolute atomic E-state index is 0.0627. The van der Waals surface area contributed by atoms with Gasteiger partial charge in [0.2, 0.25) is 10.0 Å². The van der Waals surface area contributed by atoms with Gasteiger partial charge in [-0.3, -0.25) is 9.69 Å². The maximum Gasteiger partial charge on any atom is 0.266 e. The molecule has 12 heteroatoms. The lowest BCUT2D eigenvalue weighted by Crippen LogP contribution is -2.49. The van der Waals surface area contributed by atoms with Gasteiger partial charge in [-0.05, 0) is 26.0 Å². The molecule has 0 amide bonds. The van der Waals surface area contributed by atoms with Crippen LogP contribution in [0.1, 0.15) is 11.4 Å². The number of hydrogen-bond acceptors (Lipinski definition) is 8. The first kappa shape index (κ1) is 20.4. The molecule has 160 valence electrons. The van der Waals surface area contributed by atoms with Gasteiger partial charge in [-0.2, -0.15) is 9.40 Å². The molecule has 1 aliphatic heterocycles. The zero-order valence-corrected chi connectivity index (χ0v) is 17.6. The molecule has 3 aromatic heterocycles. The fourth-order valence-corrected chi connectivity index (χ4v) is 4.76. The molecule has 0 aliphatic carbocycles. The van der Waals surface area contributed by atoms with Crippen molar-refractivity contribution in [2.75, 3.05) is 32.7 Å². The summed E-state index contributed by atoms with van der Waals surface area (Å²) in [7, 11) is -3.58. The van der Waals surface area contributed by atoms with Crippen molar-refractivity contribution in [3.05, 3.63) is 52.4 Å². The van der Waals surface area contributed by atoms with Crippen LogP contribution < -0.4 is 5.56 Å². The number of aromatic nitrogens is 5. The number of hydrogen-bond donors (Lipinski definition) is 0. The highest BCUT2D eigenvalue weighted by atomic mass is 32.2. The van der Waals surface area contributed by atoms with Crippen molar-refractivity contribution in [3.8, 4) is 5.82 Å². The van der Waals surface area contributed by atoms with Crippen molar-refractivity contribution in [2.45, 2.75) is 25.3 Å². The minimum Gasteiger partial charge on any atom is -0.363 e. The maximum absolute atomic E-state index is 12.5. The summed E-state index contributed by atoms with van der Waals surface area (Å²) >= 11 is 0. The highest BCUT2D eigenvalue weighted by Gasteiger charge is 2.29. The quantitative estimate of drug-likeness (QED) is 0.535. The van der Waals surface area contributed by atoms with Gasteiger partial charge in [0, 0.05) is 44.5 Å². The molecule has 0 radical (unpaired) electrons. The molecule has 0 atom stereocenters. The summed E-state index contributed by atoms with van der Waals surface area (Å²) in [6, 6.07) is 5.10. The van der Waals surface area contributed by atoms with Crippen LogP contribution in [0.15, 0.2) is 44.9 Å². The molecule has 4 heterocycles. The Hall–Kier alpha value is -2.83. The molecule has 11 nitrogen and oxygen atoms in total. The molecule has 4 rings (SSSR count). The maximum atomic E-state index is 12.5. The normalized spacial score (nSPS) is 16.2. The second-order valence-electron chi connectivity index (χ2n) is 7.20. The first-order valence-corrected chi connectivity index (χ1v) is 11.0. The average Bonchev–Trinajstić information content (AvgIpc) is 3.38. The van der Waals surface area contributed by atoms with Crippen LogP contribution in [0.4, 0.5) is 0 Å². The SMILES string of the molecule is Cc1cc(C)n(-c2ccc(=O)n(CCN3CCN(S(=O)(=O)c4cnoc4)CC3)n2)n1. The molecule has 30 heavy (non-hydrogen) atoms. The fraction of sp³-hybridized carbons (Fsp3) is 0.444. The lowest BCUT2D eigenvalue weighted by Gasteiger charge is -2.33. The van der Waals surface area contributed by atoms with Crippen LogP contribution in [0.5, 0.6) is 0 Å². The van der Waals surface area contributed by atoms with Crippen LogP contribution in [0.3, 0.4) is 0 Å². The summed E-state index contributed by atoms with van der Waals surface area (Å²) < 4.78 is 34.2. The number of aryl methyl sites for hydroxylation is 2. The fourth-order valence-electron chi connectivity index (χ4n) is 3.47. The van der Waals surface area contributed by atoms with Crippen molar-refractivity contribution in [2.24, 2.45) is 0 Å². The van der Waals surface area contributed by atoms with E-state index in [-0.39, 0.29) is 10.5 Å². The molecule has 1 aliphatic rings. The summed E-state index contributed by atoms with van der Waals surface area (Å²) in [4.78, 5) is 14.4. The molecule has 0 unspecified atom stereocenters. The van der Waals surface area contributed by atoms with E-state index in [0.29, 0.717) is 45.1 Å². The monoisotopic (exact) mass is 433 g/mol. The Morgan fingerprint density at radius 3 is 2.47 bits per heavy atom. The smallest absolute Gasteiger partial charge is 0.266 e. The van der Waals surface area contributed by atoms with Gasteiger partial charge >= 0.3 is 0 Å². The Morgan fingerprint density at radius 2 is 1.83 bits per heavy atom. The molecular formula is C18H23N7O4S. The van der Waals surface area contributed by atoms with Gasteiger partial charge in [0.15, 0.2) is 5.82 Å². The van der Waals surface area contributed by atoms with Crippen LogP contribution in [-0.2, 0) is 16.6 Å². The van der Waals surface area contributed by atoms with Gasteiger partial charge in [-0.1, -0.05) is 5.16 Å². The molecule has 3 aromatic rings. The molecule has 0 bridgehead atoms. The number of piperazine rings is 1. The van der Waals surface area contributed by atoms with Crippen molar-refractivity contribution in [3.63, 3.8) is 0 Å². The number of sulfonamides is 1. The zero-order chi connectivity index (χ0) is 21.3. The summed E-state index contributed by atoms with van der Waals surface area (Å²) in [6.07, 6.45) is 2.34. The minimum atomic E-state index is -3.58. The van der Waals surface area contributed by atoms with Gasteiger partial charge < -0.3 is 4.52 Å². The molecule has 0 aromatic carbocycles. The van der Waals surface area contributed by atoms with Crippen LogP contribution in [0.25, 0.3) is 5.82 Å². The summed E-state index contributed by atoms with van der Waals surface area (Å²) in [6.45, 7) is 6.70. The Balaban J connectivity index is 1.39. The van der Waals surface area contributed by atoms with Crippen molar-refractivity contribution in [1.29, 1.82) is 0 Å². The third-order valence-corrected chi connectivity index (χ3v) is 6.93. The van der Waals surface area contributed by atoms with Gasteiger partial charge in [0.1, 0.15) is 11.2 Å². The van der Waals surface area contributed by atoms with E-state index in [1.54, 1.807) is 10.7 Å². The first-order valence-electron chi connectivity index (χ1n) is 9.58. The standard InChI is InChI=1S/C18H23N7O4S/c1-14-11-15(2)25(20-14)17-3-4-18(26)24(21-17)10-7-22-5-8-23(9-6-22)30(27,28)16-12-19-29-13-16/h3-4,11-13H,5-10H2,1-2H3. The second-order valence-corrected chi connectivity index (χ2v) is 9.14. The summed E-state index contributed by atoms with van der Waals surface area (Å²) in [5.41, 5.74) is 1.63. The van der Waals surface area contributed by atoms with E-state index in [2.05, 4.69) is 24.8 Å². The van der Waals surface area contributed by atoms with Crippen LogP contribution >= 0.6 is 0 Å². The first-order chi connectivity index (χ1) is 14.3. The van der Waals surface area contributed by atoms with E-state index in [4.69, 9.17) is 0 Å². The van der Waals surface area contributed by atoms with Gasteiger partial charge in [-0.15, -0.1) is 5.10 Å². The van der Waals surface area contributed by atoms with Crippen LogP contribution in [0.2, 0.25) is 0 Å². The predicted octanol–water partition coefficient (Wildman–Crippen LogP) is 0.0403. The van der Waals surface area contributed by atoms with E-state index in [0.717, 1.165) is 17.7 Å². The Labute approximate surface area is 173 Å². The van der Waals surface area contributed by atoms with Gasteiger partial charge in [-0.25, -0.2) is 17.8 Å². The van der Waals surface area contributed by atoms with Crippen molar-refractivity contribution >= 4 is 10.0 Å². The van der Waals surface area contributed by atoms with E-state index in [9.17, 15) is 13.2 Å². The largest absolute Gasteiger partial charge is 0.363 e. The number of nitrogens with zero attached hydrogens (tertiary/aromatic N) is 7. The van der Waals surface area contributed by atoms with Crippen molar-refractivity contribution < 1.29 is 12.9 Å². The Kier molecular flexibility index (Phi) is 5.54. The third-order valence-electron chi connectivity index (χ3n) is 5.09. The lowest BCUT2D eigenvalue weighted by atomic mass is 10.3. The number of rotatable bonds is 6. The predicted molar refractivity (Wildman–Crippen MR) is 107 cm³/mol. The van der Waals surface area contributed by atoms with Gasteiger partial charge in [0.05, 0.1) is 18.4 Å². The van der Waals surface area contributed by atoms with E-state index in [1.165, 1.54) is 21.3 Å². The lowest BCUT2D eigenvalue weighted by molar-refractivity contribution is 0.180. The van der Waals surface area contributed by atoms with Crippen molar-refractivity contribution in [1.82, 2.24) is 33.9 Å².